The van der Waals surface area contributed by atoms with Crippen LogP contribution in [0.2, 0.25) is 0 Å². The van der Waals surface area contributed by atoms with Crippen molar-refractivity contribution in [3.63, 3.8) is 0 Å². The van der Waals surface area contributed by atoms with Gasteiger partial charge in [-0.25, -0.2) is 0 Å². The Balaban J connectivity index is -0.000000100. The summed E-state index contributed by atoms with van der Waals surface area (Å²) in [5.41, 5.74) is -2.24. The summed E-state index contributed by atoms with van der Waals surface area (Å²) in [6, 6.07) is 0. The van der Waals surface area contributed by atoms with E-state index in [0.717, 1.165) is 12.8 Å². The number of rotatable bonds is 19. The van der Waals surface area contributed by atoms with Crippen LogP contribution >= 0.6 is 0 Å². The highest BCUT2D eigenvalue weighted by Gasteiger charge is 2.20. The third kappa shape index (κ3) is 85.6. The van der Waals surface area contributed by atoms with Crippen molar-refractivity contribution in [2.75, 3.05) is 39.6 Å². The van der Waals surface area contributed by atoms with Crippen LogP contribution in [0.3, 0.4) is 0 Å². The Labute approximate surface area is 346 Å². The van der Waals surface area contributed by atoms with Crippen LogP contribution < -0.4 is 0 Å². The quantitative estimate of drug-likeness (QED) is 0.0769. The van der Waals surface area contributed by atoms with Crippen molar-refractivity contribution in [3.8, 4) is 0 Å². The Morgan fingerprint density at radius 2 is 0.589 bits per heavy atom. The van der Waals surface area contributed by atoms with Crippen molar-refractivity contribution in [2.24, 2.45) is 41.4 Å². The van der Waals surface area contributed by atoms with E-state index < -0.39 is 35.1 Å². The van der Waals surface area contributed by atoms with Gasteiger partial charge in [-0.15, -0.1) is 0 Å². The van der Waals surface area contributed by atoms with Gasteiger partial charge in [0.2, 0.25) is 0 Å². The van der Waals surface area contributed by atoms with E-state index >= 15 is 0 Å². The minimum atomic E-state index is -0.881. The zero-order chi connectivity index (χ0) is 46.5. The molecule has 5 atom stereocenters. The van der Waals surface area contributed by atoms with Crippen molar-refractivity contribution in [2.45, 2.75) is 205 Å². The van der Waals surface area contributed by atoms with Crippen LogP contribution in [0, 0.1) is 41.4 Å². The Hall–Kier alpha value is -0.480. The first-order chi connectivity index (χ1) is 25.1. The van der Waals surface area contributed by atoms with E-state index in [-0.39, 0.29) is 33.0 Å². The van der Waals surface area contributed by atoms with Crippen LogP contribution in [-0.4, -0.2) is 136 Å². The van der Waals surface area contributed by atoms with Gasteiger partial charge in [-0.05, 0) is 114 Å². The molecule has 3 unspecified atom stereocenters. The molecular weight excluding hydrogens is 720 g/mol. The van der Waals surface area contributed by atoms with Gasteiger partial charge in [0.05, 0.1) is 68.1 Å². The molecule has 12 N–H and O–H groups in total. The number of aliphatic hydroxyl groups excluding tert-OH is 9. The second-order valence-electron chi connectivity index (χ2n) is 19.2. The first-order valence-corrected chi connectivity index (χ1v) is 21.0. The standard InChI is InChI=1S/2C7H16O2.C7H16O.3C6H14O2.C5H12O/c2*1-6(2)4-7(3,9)5-8;1-6(2)5-7(3,4)8;3*1-5(2)3-6(8)4-7;1-5(2)3-4-6/h2*6,8-9H,4-5H2,1-3H3;6,8H,5H2,1-4H3;3*5-8H,3-4H2,1-2H3;5-6H,3-4H2,1-2H3/t;;;2*6-;;/m...10../s1. The molecule has 0 aliphatic rings. The maximum Gasteiger partial charge on any atom is 0.0851 e. The van der Waals surface area contributed by atoms with E-state index in [4.69, 9.17) is 46.0 Å². The molecule has 0 rings (SSSR count). The fourth-order valence-electron chi connectivity index (χ4n) is 5.00. The minimum Gasteiger partial charge on any atom is -0.396 e. The monoisotopic (exact) mass is 823 g/mol. The van der Waals surface area contributed by atoms with E-state index in [0.29, 0.717) is 80.1 Å². The molecule has 0 aromatic heterocycles. The molecule has 0 fully saturated rings. The minimum absolute atomic E-state index is 0.113. The van der Waals surface area contributed by atoms with Gasteiger partial charge in [0.1, 0.15) is 0 Å². The fraction of sp³-hybridized carbons (Fsp3) is 1.00. The first kappa shape index (κ1) is 70.1. The molecule has 0 saturated carbocycles. The number of hydrogen-bond donors (Lipinski definition) is 12. The van der Waals surface area contributed by atoms with E-state index in [1.165, 1.54) is 0 Å². The molecule has 0 bridgehead atoms. The second kappa shape index (κ2) is 42.6. The molecular formula is C44H102O12. The normalized spacial score (nSPS) is 14.9. The molecule has 12 heteroatoms. The molecule has 350 valence electrons. The molecule has 56 heavy (non-hydrogen) atoms. The highest BCUT2D eigenvalue weighted by molar-refractivity contribution is 4.72. The van der Waals surface area contributed by atoms with Crippen LogP contribution in [0.25, 0.3) is 0 Å². The number of hydrogen-bond acceptors (Lipinski definition) is 12. The molecule has 0 aliphatic heterocycles. The fourth-order valence-corrected chi connectivity index (χ4v) is 5.00. The summed E-state index contributed by atoms with van der Waals surface area (Å²) in [7, 11) is 0. The van der Waals surface area contributed by atoms with E-state index in [9.17, 15) is 15.3 Å². The maximum atomic E-state index is 9.24. The van der Waals surface area contributed by atoms with Gasteiger partial charge in [0.15, 0.2) is 0 Å². The molecule has 0 heterocycles. The summed E-state index contributed by atoms with van der Waals surface area (Å²) in [5.74, 6) is 3.52. The molecule has 0 spiro atoms. The lowest BCUT2D eigenvalue weighted by atomic mass is 9.95. The van der Waals surface area contributed by atoms with Crippen molar-refractivity contribution in [1.82, 2.24) is 0 Å². The molecule has 0 amide bonds. The molecule has 0 aromatic rings. The maximum absolute atomic E-state index is 9.24. The first-order valence-electron chi connectivity index (χ1n) is 21.0. The average Bonchev–Trinajstić information content (AvgIpc) is 2.99. The summed E-state index contributed by atoms with van der Waals surface area (Å²) >= 11 is 0. The smallest absolute Gasteiger partial charge is 0.0851 e. The predicted octanol–water partition coefficient (Wildman–Crippen LogP) is 5.54. The largest absolute Gasteiger partial charge is 0.396 e. The Morgan fingerprint density at radius 3 is 0.625 bits per heavy atom. The van der Waals surface area contributed by atoms with Crippen LogP contribution in [0.1, 0.15) is 170 Å². The van der Waals surface area contributed by atoms with E-state index in [2.05, 4.69) is 27.7 Å². The zero-order valence-electron chi connectivity index (χ0n) is 39.8. The van der Waals surface area contributed by atoms with E-state index in [1.54, 1.807) is 13.8 Å². The van der Waals surface area contributed by atoms with Gasteiger partial charge < -0.3 is 61.3 Å². The predicted molar refractivity (Wildman–Crippen MR) is 234 cm³/mol. The summed E-state index contributed by atoms with van der Waals surface area (Å²) in [6.07, 6.45) is 3.64. The van der Waals surface area contributed by atoms with Gasteiger partial charge >= 0.3 is 0 Å². The molecule has 0 radical (unpaired) electrons. The Kier molecular flexibility index (Phi) is 53.4. The SMILES string of the molecule is CC(C)CC(C)(C)O.CC(C)CC(C)(O)CO.CC(C)CC(C)(O)CO.CC(C)CC(O)CO.CC(C)CCO.CC(C)C[C@@H](O)CO.CC(C)C[C@H](O)CO. The summed E-state index contributed by atoms with van der Waals surface area (Å²) in [6.45, 7) is 35.2. The molecule has 0 aromatic carbocycles. The van der Waals surface area contributed by atoms with Gasteiger partial charge in [0, 0.05) is 6.61 Å². The van der Waals surface area contributed by atoms with Crippen LogP contribution in [-0.2, 0) is 0 Å². The zero-order valence-corrected chi connectivity index (χ0v) is 39.8. The summed E-state index contributed by atoms with van der Waals surface area (Å²) < 4.78 is 0. The van der Waals surface area contributed by atoms with Gasteiger partial charge in [0.25, 0.3) is 0 Å². The lowest BCUT2D eigenvalue weighted by molar-refractivity contribution is -0.0144. The Bertz CT molecular complexity index is 674. The van der Waals surface area contributed by atoms with Crippen LogP contribution in [0.15, 0.2) is 0 Å². The van der Waals surface area contributed by atoms with Gasteiger partial charge in [-0.2, -0.15) is 0 Å². The van der Waals surface area contributed by atoms with Crippen molar-refractivity contribution in [3.05, 3.63) is 0 Å². The van der Waals surface area contributed by atoms with Crippen LogP contribution in [0.4, 0.5) is 0 Å². The van der Waals surface area contributed by atoms with Crippen molar-refractivity contribution >= 4 is 0 Å². The van der Waals surface area contributed by atoms with Gasteiger partial charge in [-0.1, -0.05) is 96.9 Å². The summed E-state index contributed by atoms with van der Waals surface area (Å²) in [4.78, 5) is 0. The van der Waals surface area contributed by atoms with Crippen molar-refractivity contribution in [1.29, 1.82) is 0 Å². The molecule has 0 aliphatic carbocycles. The third-order valence-corrected chi connectivity index (χ3v) is 6.85. The second-order valence-corrected chi connectivity index (χ2v) is 19.2. The Morgan fingerprint density at radius 1 is 0.357 bits per heavy atom. The van der Waals surface area contributed by atoms with Crippen molar-refractivity contribution < 1.29 is 61.3 Å². The third-order valence-electron chi connectivity index (χ3n) is 6.85. The highest BCUT2D eigenvalue weighted by Crippen LogP contribution is 2.16. The average molecular weight is 823 g/mol. The number of aliphatic hydroxyl groups is 12. The summed E-state index contributed by atoms with van der Waals surface area (Å²) in [5, 5.41) is 104. The van der Waals surface area contributed by atoms with Crippen LogP contribution in [0.5, 0.6) is 0 Å². The lowest BCUT2D eigenvalue weighted by Gasteiger charge is -2.21. The highest BCUT2D eigenvalue weighted by atomic mass is 16.3. The molecule has 12 nitrogen and oxygen atoms in total. The topological polar surface area (TPSA) is 243 Å². The van der Waals surface area contributed by atoms with Gasteiger partial charge in [-0.3, -0.25) is 0 Å². The lowest BCUT2D eigenvalue weighted by Crippen LogP contribution is -2.30. The van der Waals surface area contributed by atoms with E-state index in [1.807, 2.05) is 83.1 Å². The molecule has 0 saturated heterocycles.